The summed E-state index contributed by atoms with van der Waals surface area (Å²) in [6.07, 6.45) is 5.42. The summed E-state index contributed by atoms with van der Waals surface area (Å²) in [6, 6.07) is 9.40. The molecular formula is C12H12N4. The number of rotatable bonds is 2. The summed E-state index contributed by atoms with van der Waals surface area (Å²) in [5.41, 5.74) is 13.7. The summed E-state index contributed by atoms with van der Waals surface area (Å²) in [5.74, 6) is 0.273. The van der Waals surface area contributed by atoms with Crippen LogP contribution in [-0.2, 0) is 0 Å². The molecule has 0 saturated heterocycles. The number of anilines is 2. The minimum atomic E-state index is 0.273. The monoisotopic (exact) mass is 212 g/mol. The Bertz CT molecular complexity index is 472. The predicted molar refractivity (Wildman–Crippen MR) is 66.2 cm³/mol. The number of hydrogen-bond donors (Lipinski definition) is 2. The van der Waals surface area contributed by atoms with Gasteiger partial charge in [0.1, 0.15) is 0 Å². The molecule has 4 nitrogen and oxygen atoms in total. The molecule has 0 bridgehead atoms. The van der Waals surface area contributed by atoms with Crippen LogP contribution in [0.5, 0.6) is 0 Å². The molecule has 80 valence electrons. The molecule has 0 amide bonds. The van der Waals surface area contributed by atoms with Gasteiger partial charge in [-0.2, -0.15) is 0 Å². The first-order chi connectivity index (χ1) is 7.74. The summed E-state index contributed by atoms with van der Waals surface area (Å²) in [6.45, 7) is 0. The third-order valence-electron chi connectivity index (χ3n) is 2.05. The molecular weight excluding hydrogens is 200 g/mol. The van der Waals surface area contributed by atoms with Gasteiger partial charge < -0.3 is 11.5 Å². The van der Waals surface area contributed by atoms with E-state index in [4.69, 9.17) is 11.5 Å². The van der Waals surface area contributed by atoms with E-state index in [-0.39, 0.29) is 5.95 Å². The zero-order valence-corrected chi connectivity index (χ0v) is 8.67. The van der Waals surface area contributed by atoms with Crippen LogP contribution in [0.2, 0.25) is 0 Å². The van der Waals surface area contributed by atoms with Gasteiger partial charge in [-0.05, 0) is 29.8 Å². The second kappa shape index (κ2) is 4.44. The molecule has 0 spiro atoms. The van der Waals surface area contributed by atoms with Crippen molar-refractivity contribution in [2.45, 2.75) is 0 Å². The van der Waals surface area contributed by atoms with Gasteiger partial charge in [0.25, 0.3) is 0 Å². The Morgan fingerprint density at radius 3 is 2.69 bits per heavy atom. The lowest BCUT2D eigenvalue weighted by molar-refractivity contribution is 1.17. The van der Waals surface area contributed by atoms with Crippen LogP contribution in [0.4, 0.5) is 11.6 Å². The second-order valence-electron chi connectivity index (χ2n) is 3.34. The van der Waals surface area contributed by atoms with Gasteiger partial charge >= 0.3 is 0 Å². The molecule has 0 fully saturated rings. The summed E-state index contributed by atoms with van der Waals surface area (Å²) in [5, 5.41) is 0. The summed E-state index contributed by atoms with van der Waals surface area (Å²) in [4.78, 5) is 7.88. The lowest BCUT2D eigenvalue weighted by atomic mass is 10.2. The van der Waals surface area contributed by atoms with Crippen molar-refractivity contribution < 1.29 is 0 Å². The minimum Gasteiger partial charge on any atom is -0.399 e. The summed E-state index contributed by atoms with van der Waals surface area (Å²) >= 11 is 0. The van der Waals surface area contributed by atoms with Gasteiger partial charge in [-0.25, -0.2) is 9.97 Å². The quantitative estimate of drug-likeness (QED) is 0.744. The van der Waals surface area contributed by atoms with E-state index in [1.165, 1.54) is 0 Å². The minimum absolute atomic E-state index is 0.273. The maximum Gasteiger partial charge on any atom is 0.220 e. The van der Waals surface area contributed by atoms with Crippen LogP contribution in [-0.4, -0.2) is 9.97 Å². The van der Waals surface area contributed by atoms with E-state index < -0.39 is 0 Å². The first-order valence-electron chi connectivity index (χ1n) is 4.86. The van der Waals surface area contributed by atoms with Crippen LogP contribution >= 0.6 is 0 Å². The molecule has 4 N–H and O–H groups in total. The third-order valence-corrected chi connectivity index (χ3v) is 2.05. The molecule has 0 radical (unpaired) electrons. The van der Waals surface area contributed by atoms with E-state index in [1.807, 2.05) is 36.4 Å². The van der Waals surface area contributed by atoms with Crippen molar-refractivity contribution in [3.05, 3.63) is 47.8 Å². The summed E-state index contributed by atoms with van der Waals surface area (Å²) < 4.78 is 0. The molecule has 16 heavy (non-hydrogen) atoms. The highest BCUT2D eigenvalue weighted by molar-refractivity contribution is 5.69. The highest BCUT2D eigenvalue weighted by atomic mass is 15.0. The average molecular weight is 212 g/mol. The van der Waals surface area contributed by atoms with Crippen molar-refractivity contribution in [1.29, 1.82) is 0 Å². The third kappa shape index (κ3) is 2.57. The van der Waals surface area contributed by atoms with Crippen LogP contribution in [0.1, 0.15) is 11.3 Å². The van der Waals surface area contributed by atoms with Gasteiger partial charge in [0.15, 0.2) is 0 Å². The molecule has 0 unspecified atom stereocenters. The lowest BCUT2D eigenvalue weighted by Gasteiger charge is -1.96. The SMILES string of the molecule is Nc1cccc(/C=C/c2ccnc(N)n2)c1. The smallest absolute Gasteiger partial charge is 0.220 e. The van der Waals surface area contributed by atoms with Gasteiger partial charge in [0.05, 0.1) is 5.69 Å². The fraction of sp³-hybridized carbons (Fsp3) is 0. The van der Waals surface area contributed by atoms with Gasteiger partial charge in [-0.15, -0.1) is 0 Å². The lowest BCUT2D eigenvalue weighted by Crippen LogP contribution is -1.94. The van der Waals surface area contributed by atoms with E-state index in [9.17, 15) is 0 Å². The van der Waals surface area contributed by atoms with Crippen molar-refractivity contribution in [2.24, 2.45) is 0 Å². The Hall–Kier alpha value is -2.36. The number of benzene rings is 1. The van der Waals surface area contributed by atoms with Crippen molar-refractivity contribution in [1.82, 2.24) is 9.97 Å². The normalized spacial score (nSPS) is 10.8. The molecule has 0 aliphatic rings. The van der Waals surface area contributed by atoms with Gasteiger partial charge in [-0.3, -0.25) is 0 Å². The van der Waals surface area contributed by atoms with Crippen LogP contribution in [0, 0.1) is 0 Å². The van der Waals surface area contributed by atoms with Gasteiger partial charge in [0, 0.05) is 11.9 Å². The Morgan fingerprint density at radius 1 is 1.06 bits per heavy atom. The number of hydrogen-bond acceptors (Lipinski definition) is 4. The maximum absolute atomic E-state index is 5.67. The standard InChI is InChI=1S/C12H12N4/c13-10-3-1-2-9(8-10)4-5-11-6-7-15-12(14)16-11/h1-8H,13H2,(H2,14,15,16)/b5-4+. The molecule has 0 saturated carbocycles. The average Bonchev–Trinajstić information content (AvgIpc) is 2.27. The van der Waals surface area contributed by atoms with E-state index in [2.05, 4.69) is 9.97 Å². The van der Waals surface area contributed by atoms with Crippen LogP contribution in [0.3, 0.4) is 0 Å². The van der Waals surface area contributed by atoms with Crippen molar-refractivity contribution in [2.75, 3.05) is 11.5 Å². The molecule has 2 aromatic rings. The highest BCUT2D eigenvalue weighted by Gasteiger charge is 1.91. The van der Waals surface area contributed by atoms with Gasteiger partial charge in [0.2, 0.25) is 5.95 Å². The number of nitrogens with zero attached hydrogens (tertiary/aromatic N) is 2. The van der Waals surface area contributed by atoms with Crippen LogP contribution in [0.25, 0.3) is 12.2 Å². The molecule has 1 aromatic carbocycles. The number of aromatic nitrogens is 2. The predicted octanol–water partition coefficient (Wildman–Crippen LogP) is 1.81. The first kappa shape index (κ1) is 10.2. The topological polar surface area (TPSA) is 77.8 Å². The van der Waals surface area contributed by atoms with Crippen LogP contribution < -0.4 is 11.5 Å². The maximum atomic E-state index is 5.67. The zero-order chi connectivity index (χ0) is 11.4. The molecule has 0 atom stereocenters. The first-order valence-corrected chi connectivity index (χ1v) is 4.86. The second-order valence-corrected chi connectivity index (χ2v) is 3.34. The van der Waals surface area contributed by atoms with Crippen molar-refractivity contribution >= 4 is 23.8 Å². The van der Waals surface area contributed by atoms with Crippen molar-refractivity contribution in [3.63, 3.8) is 0 Å². The van der Waals surface area contributed by atoms with Gasteiger partial charge in [-0.1, -0.05) is 18.2 Å². The molecule has 4 heteroatoms. The molecule has 1 aromatic heterocycles. The van der Waals surface area contributed by atoms with E-state index in [0.29, 0.717) is 0 Å². The fourth-order valence-corrected chi connectivity index (χ4v) is 1.33. The van der Waals surface area contributed by atoms with E-state index in [0.717, 1.165) is 16.9 Å². The largest absolute Gasteiger partial charge is 0.399 e. The summed E-state index contributed by atoms with van der Waals surface area (Å²) in [7, 11) is 0. The molecule has 0 aliphatic carbocycles. The van der Waals surface area contributed by atoms with E-state index in [1.54, 1.807) is 12.3 Å². The highest BCUT2D eigenvalue weighted by Crippen LogP contribution is 2.10. The van der Waals surface area contributed by atoms with Crippen LogP contribution in [0.15, 0.2) is 36.5 Å². The number of nitrogen functional groups attached to an aromatic ring is 2. The Labute approximate surface area is 93.6 Å². The fourth-order valence-electron chi connectivity index (χ4n) is 1.33. The Kier molecular flexibility index (Phi) is 2.82. The van der Waals surface area contributed by atoms with E-state index >= 15 is 0 Å². The molecule has 2 rings (SSSR count). The Balaban J connectivity index is 2.21. The molecule has 1 heterocycles. The number of nitrogens with two attached hydrogens (primary N) is 2. The zero-order valence-electron chi connectivity index (χ0n) is 8.67. The van der Waals surface area contributed by atoms with Crippen molar-refractivity contribution in [3.8, 4) is 0 Å². The Morgan fingerprint density at radius 2 is 1.94 bits per heavy atom. The molecule has 0 aliphatic heterocycles.